The Morgan fingerprint density at radius 1 is 1.19 bits per heavy atom. The van der Waals surface area contributed by atoms with Crippen molar-refractivity contribution in [1.29, 1.82) is 0 Å². The number of aromatic nitrogens is 2. The predicted molar refractivity (Wildman–Crippen MR) is 157 cm³/mol. The molecule has 0 aliphatic carbocycles. The first-order valence-corrected chi connectivity index (χ1v) is 13.7. The lowest BCUT2D eigenvalue weighted by Crippen LogP contribution is -2.23. The zero-order valence-electron chi connectivity index (χ0n) is 20.9. The molecule has 37 heavy (non-hydrogen) atoms. The van der Waals surface area contributed by atoms with E-state index in [-0.39, 0.29) is 11.5 Å². The van der Waals surface area contributed by atoms with Gasteiger partial charge in [0, 0.05) is 20.4 Å². The SMILES string of the molecule is CC[C@@H](C)c1nc2ccc(Br)cc2c(=O)n1N=Cc1cc(OC)c(OCc2cccc(C)c2)c(Cl)c1Br. The normalized spacial score (nSPS) is 12.3. The fourth-order valence-electron chi connectivity index (χ4n) is 3.84. The molecule has 4 rings (SSSR count). The molecule has 1 atom stereocenters. The molecule has 0 saturated carbocycles. The average Bonchev–Trinajstić information content (AvgIpc) is 2.89. The Kier molecular flexibility index (Phi) is 8.72. The van der Waals surface area contributed by atoms with Gasteiger partial charge in [0.2, 0.25) is 0 Å². The van der Waals surface area contributed by atoms with Crippen LogP contribution in [0.2, 0.25) is 5.02 Å². The highest BCUT2D eigenvalue weighted by atomic mass is 79.9. The van der Waals surface area contributed by atoms with Gasteiger partial charge in [-0.3, -0.25) is 4.79 Å². The zero-order chi connectivity index (χ0) is 26.7. The molecule has 0 N–H and O–H groups in total. The number of nitrogens with zero attached hydrogens (tertiary/aromatic N) is 3. The van der Waals surface area contributed by atoms with E-state index in [0.717, 1.165) is 22.0 Å². The van der Waals surface area contributed by atoms with Crippen molar-refractivity contribution >= 4 is 60.6 Å². The zero-order valence-corrected chi connectivity index (χ0v) is 24.8. The number of fused-ring (bicyclic) bond motifs is 1. The first-order valence-electron chi connectivity index (χ1n) is 11.7. The van der Waals surface area contributed by atoms with E-state index >= 15 is 0 Å². The van der Waals surface area contributed by atoms with E-state index in [1.807, 2.05) is 51.1 Å². The standard InChI is InChI=1S/C28H26Br2ClN3O3/c1-5-17(3)27-33-22-10-9-20(29)13-21(22)28(35)34(27)32-14-19-12-23(36-4)26(25(31)24(19)30)37-15-18-8-6-7-16(2)11-18/h6-14,17H,5,15H2,1-4H3/t17-/m1/s1. The van der Waals surface area contributed by atoms with Crippen LogP contribution < -0.4 is 15.0 Å². The molecule has 0 unspecified atom stereocenters. The van der Waals surface area contributed by atoms with Crippen LogP contribution >= 0.6 is 43.5 Å². The molecule has 0 saturated heterocycles. The molecule has 0 fully saturated rings. The number of ether oxygens (including phenoxy) is 2. The van der Waals surface area contributed by atoms with Crippen LogP contribution in [0.5, 0.6) is 11.5 Å². The van der Waals surface area contributed by atoms with Crippen molar-refractivity contribution in [3.05, 3.63) is 95.4 Å². The molecule has 9 heteroatoms. The Balaban J connectivity index is 1.75. The summed E-state index contributed by atoms with van der Waals surface area (Å²) in [5.41, 5.74) is 3.18. The van der Waals surface area contributed by atoms with Gasteiger partial charge in [0.1, 0.15) is 17.5 Å². The Bertz CT molecular complexity index is 1550. The largest absolute Gasteiger partial charge is 0.493 e. The van der Waals surface area contributed by atoms with Crippen LogP contribution in [0.15, 0.2) is 67.4 Å². The van der Waals surface area contributed by atoms with Gasteiger partial charge < -0.3 is 9.47 Å². The third-order valence-corrected chi connectivity index (χ3v) is 7.98. The van der Waals surface area contributed by atoms with Crippen molar-refractivity contribution in [2.24, 2.45) is 5.10 Å². The molecule has 6 nitrogen and oxygen atoms in total. The number of rotatable bonds is 8. The molecule has 0 aliphatic rings. The molecule has 0 bridgehead atoms. The van der Waals surface area contributed by atoms with Gasteiger partial charge in [0.15, 0.2) is 11.5 Å². The molecule has 0 spiro atoms. The summed E-state index contributed by atoms with van der Waals surface area (Å²) < 4.78 is 14.4. The maximum atomic E-state index is 13.4. The van der Waals surface area contributed by atoms with Crippen molar-refractivity contribution in [2.45, 2.75) is 39.7 Å². The van der Waals surface area contributed by atoms with Gasteiger partial charge in [-0.25, -0.2) is 4.98 Å². The van der Waals surface area contributed by atoms with E-state index < -0.39 is 0 Å². The van der Waals surface area contributed by atoms with E-state index in [2.05, 4.69) is 43.0 Å². The number of hydrogen-bond donors (Lipinski definition) is 0. The van der Waals surface area contributed by atoms with Gasteiger partial charge in [0.25, 0.3) is 5.56 Å². The van der Waals surface area contributed by atoms with Gasteiger partial charge >= 0.3 is 0 Å². The minimum Gasteiger partial charge on any atom is -0.493 e. The lowest BCUT2D eigenvalue weighted by Gasteiger charge is -2.16. The molecular weight excluding hydrogens is 622 g/mol. The van der Waals surface area contributed by atoms with Crippen LogP contribution in [0.3, 0.4) is 0 Å². The number of halogens is 3. The topological polar surface area (TPSA) is 65.7 Å². The summed E-state index contributed by atoms with van der Waals surface area (Å²) in [5.74, 6) is 1.49. The Hall–Kier alpha value is -2.68. The number of hydrogen-bond acceptors (Lipinski definition) is 5. The number of methoxy groups -OCH3 is 1. The highest BCUT2D eigenvalue weighted by molar-refractivity contribution is 9.10. The monoisotopic (exact) mass is 645 g/mol. The molecule has 0 radical (unpaired) electrons. The van der Waals surface area contributed by atoms with Crippen LogP contribution in [0.4, 0.5) is 0 Å². The van der Waals surface area contributed by atoms with Crippen LogP contribution in [-0.4, -0.2) is 23.0 Å². The summed E-state index contributed by atoms with van der Waals surface area (Å²) >= 11 is 13.7. The Morgan fingerprint density at radius 2 is 1.97 bits per heavy atom. The van der Waals surface area contributed by atoms with E-state index in [1.54, 1.807) is 25.5 Å². The number of benzene rings is 3. The Labute approximate surface area is 237 Å². The number of aryl methyl sites for hydroxylation is 1. The lowest BCUT2D eigenvalue weighted by atomic mass is 10.1. The molecule has 4 aromatic rings. The minimum atomic E-state index is -0.245. The lowest BCUT2D eigenvalue weighted by molar-refractivity contribution is 0.284. The van der Waals surface area contributed by atoms with E-state index in [0.29, 0.717) is 49.9 Å². The van der Waals surface area contributed by atoms with Crippen LogP contribution in [0, 0.1) is 6.92 Å². The maximum Gasteiger partial charge on any atom is 0.282 e. The third-order valence-electron chi connectivity index (χ3n) is 6.04. The average molecular weight is 648 g/mol. The molecular formula is C28H26Br2ClN3O3. The maximum absolute atomic E-state index is 13.4. The van der Waals surface area contributed by atoms with Crippen molar-refractivity contribution in [3.63, 3.8) is 0 Å². The highest BCUT2D eigenvalue weighted by Gasteiger charge is 2.19. The second kappa shape index (κ2) is 11.8. The Morgan fingerprint density at radius 3 is 2.68 bits per heavy atom. The summed E-state index contributed by atoms with van der Waals surface area (Å²) in [5, 5.41) is 5.38. The summed E-state index contributed by atoms with van der Waals surface area (Å²) in [6.45, 7) is 6.44. The van der Waals surface area contributed by atoms with Crippen LogP contribution in [0.1, 0.15) is 48.7 Å². The first-order chi connectivity index (χ1) is 17.7. The van der Waals surface area contributed by atoms with Crippen molar-refractivity contribution in [2.75, 3.05) is 7.11 Å². The second-order valence-electron chi connectivity index (χ2n) is 8.71. The molecule has 192 valence electrons. The van der Waals surface area contributed by atoms with Gasteiger partial charge in [-0.2, -0.15) is 9.78 Å². The molecule has 0 aliphatic heterocycles. The van der Waals surface area contributed by atoms with E-state index in [4.69, 9.17) is 26.1 Å². The van der Waals surface area contributed by atoms with Crippen LogP contribution in [0.25, 0.3) is 10.9 Å². The van der Waals surface area contributed by atoms with Crippen molar-refractivity contribution < 1.29 is 9.47 Å². The summed E-state index contributed by atoms with van der Waals surface area (Å²) in [4.78, 5) is 18.2. The summed E-state index contributed by atoms with van der Waals surface area (Å²) in [6.07, 6.45) is 2.38. The highest BCUT2D eigenvalue weighted by Crippen LogP contribution is 2.42. The van der Waals surface area contributed by atoms with E-state index in [1.165, 1.54) is 4.68 Å². The quantitative estimate of drug-likeness (QED) is 0.183. The minimum absolute atomic E-state index is 0.0249. The van der Waals surface area contributed by atoms with E-state index in [9.17, 15) is 4.79 Å². The van der Waals surface area contributed by atoms with Crippen molar-refractivity contribution in [1.82, 2.24) is 9.66 Å². The molecule has 0 amide bonds. The first kappa shape index (κ1) is 27.4. The molecule has 3 aromatic carbocycles. The summed E-state index contributed by atoms with van der Waals surface area (Å²) in [7, 11) is 1.55. The van der Waals surface area contributed by atoms with Crippen molar-refractivity contribution in [3.8, 4) is 11.5 Å². The third kappa shape index (κ3) is 5.92. The van der Waals surface area contributed by atoms with Gasteiger partial charge in [-0.05, 0) is 59.1 Å². The smallest absolute Gasteiger partial charge is 0.282 e. The summed E-state index contributed by atoms with van der Waals surface area (Å²) in [6, 6.07) is 15.3. The fourth-order valence-corrected chi connectivity index (χ4v) is 4.86. The van der Waals surface area contributed by atoms with Gasteiger partial charge in [-0.1, -0.05) is 71.2 Å². The van der Waals surface area contributed by atoms with Gasteiger partial charge in [0.05, 0.1) is 24.2 Å². The molecule has 1 heterocycles. The molecule has 1 aromatic heterocycles. The predicted octanol–water partition coefficient (Wildman–Crippen LogP) is 7.87. The second-order valence-corrected chi connectivity index (χ2v) is 10.8. The van der Waals surface area contributed by atoms with Crippen LogP contribution in [-0.2, 0) is 6.61 Å². The van der Waals surface area contributed by atoms with Gasteiger partial charge in [-0.15, -0.1) is 0 Å². The fraction of sp³-hybridized carbons (Fsp3) is 0.250.